The van der Waals surface area contributed by atoms with Crippen molar-refractivity contribution < 1.29 is 0 Å². The summed E-state index contributed by atoms with van der Waals surface area (Å²) < 4.78 is 2.18. The fraction of sp³-hybridized carbons (Fsp3) is 0.727. The maximum atomic E-state index is 6.07. The van der Waals surface area contributed by atoms with Crippen LogP contribution in [0.3, 0.4) is 0 Å². The number of aryl methyl sites for hydroxylation is 2. The molecule has 2 rings (SSSR count). The lowest BCUT2D eigenvalue weighted by Crippen LogP contribution is -2.22. The quantitative estimate of drug-likeness (QED) is 0.789. The molecule has 1 heterocycles. The molecule has 0 radical (unpaired) electrons. The number of hydrogen-bond donors (Lipinski definition) is 1. The molecule has 78 valence electrons. The van der Waals surface area contributed by atoms with Crippen LogP contribution in [-0.2, 0) is 13.5 Å². The molecule has 14 heavy (non-hydrogen) atoms. The third kappa shape index (κ3) is 1.69. The first-order chi connectivity index (χ1) is 6.52. The van der Waals surface area contributed by atoms with Gasteiger partial charge < -0.3 is 10.3 Å². The topological polar surface area (TPSA) is 43.8 Å². The largest absolute Gasteiger partial charge is 0.335 e. The molecular weight excluding hydrogens is 174 g/mol. The molecule has 1 fully saturated rings. The van der Waals surface area contributed by atoms with Crippen molar-refractivity contribution in [2.75, 3.05) is 0 Å². The number of imidazole rings is 1. The Morgan fingerprint density at radius 1 is 1.43 bits per heavy atom. The third-order valence-corrected chi connectivity index (χ3v) is 3.39. The lowest BCUT2D eigenvalue weighted by atomic mass is 10.1. The molecule has 0 amide bonds. The van der Waals surface area contributed by atoms with E-state index in [0.717, 1.165) is 24.4 Å². The molecule has 0 aliphatic heterocycles. The lowest BCUT2D eigenvalue weighted by molar-refractivity contribution is 0.591. The maximum Gasteiger partial charge on any atom is 0.105 e. The van der Waals surface area contributed by atoms with Crippen molar-refractivity contribution in [1.82, 2.24) is 9.55 Å². The Kier molecular flexibility index (Phi) is 2.14. The number of aromatic nitrogens is 2. The van der Waals surface area contributed by atoms with Gasteiger partial charge in [0.1, 0.15) is 5.82 Å². The SMILES string of the molecule is Cc1nc(C)n(C)c1CCC1(N)CC1. The van der Waals surface area contributed by atoms with Gasteiger partial charge in [-0.05, 0) is 39.5 Å². The van der Waals surface area contributed by atoms with Gasteiger partial charge in [-0.25, -0.2) is 4.98 Å². The summed E-state index contributed by atoms with van der Waals surface area (Å²) in [5.41, 5.74) is 8.74. The second kappa shape index (κ2) is 3.09. The summed E-state index contributed by atoms with van der Waals surface area (Å²) in [7, 11) is 2.08. The second-order valence-corrected chi connectivity index (χ2v) is 4.61. The summed E-state index contributed by atoms with van der Waals surface area (Å²) in [6.45, 7) is 4.13. The van der Waals surface area contributed by atoms with Crippen LogP contribution in [0.1, 0.15) is 36.5 Å². The zero-order chi connectivity index (χ0) is 10.3. The van der Waals surface area contributed by atoms with Crippen LogP contribution < -0.4 is 5.73 Å². The van der Waals surface area contributed by atoms with Gasteiger partial charge in [0.25, 0.3) is 0 Å². The molecule has 0 saturated heterocycles. The van der Waals surface area contributed by atoms with Gasteiger partial charge in [-0.3, -0.25) is 0 Å². The smallest absolute Gasteiger partial charge is 0.105 e. The highest BCUT2D eigenvalue weighted by Gasteiger charge is 2.37. The summed E-state index contributed by atoms with van der Waals surface area (Å²) in [5, 5.41) is 0. The van der Waals surface area contributed by atoms with E-state index >= 15 is 0 Å². The molecule has 3 heteroatoms. The van der Waals surface area contributed by atoms with E-state index in [1.807, 2.05) is 6.92 Å². The molecule has 0 spiro atoms. The van der Waals surface area contributed by atoms with E-state index in [0.29, 0.717) is 0 Å². The molecule has 0 unspecified atom stereocenters. The minimum Gasteiger partial charge on any atom is -0.335 e. The van der Waals surface area contributed by atoms with Crippen LogP contribution in [0.4, 0.5) is 0 Å². The molecule has 0 atom stereocenters. The van der Waals surface area contributed by atoms with Crippen molar-refractivity contribution in [3.63, 3.8) is 0 Å². The highest BCUT2D eigenvalue weighted by Crippen LogP contribution is 2.36. The molecule has 1 aliphatic carbocycles. The highest BCUT2D eigenvalue weighted by molar-refractivity contribution is 5.16. The predicted octanol–water partition coefficient (Wildman–Crippen LogP) is 1.46. The van der Waals surface area contributed by atoms with Crippen LogP contribution in [0.25, 0.3) is 0 Å². The van der Waals surface area contributed by atoms with Crippen LogP contribution >= 0.6 is 0 Å². The minimum atomic E-state index is 0.157. The van der Waals surface area contributed by atoms with Crippen LogP contribution in [0.15, 0.2) is 0 Å². The van der Waals surface area contributed by atoms with Crippen molar-refractivity contribution in [3.05, 3.63) is 17.2 Å². The molecule has 0 bridgehead atoms. The Balaban J connectivity index is 2.08. The van der Waals surface area contributed by atoms with Crippen molar-refractivity contribution in [3.8, 4) is 0 Å². The van der Waals surface area contributed by atoms with Crippen LogP contribution in [0, 0.1) is 13.8 Å². The van der Waals surface area contributed by atoms with Crippen molar-refractivity contribution >= 4 is 0 Å². The van der Waals surface area contributed by atoms with E-state index in [4.69, 9.17) is 5.73 Å². The molecule has 1 aromatic heterocycles. The van der Waals surface area contributed by atoms with Gasteiger partial charge >= 0.3 is 0 Å². The zero-order valence-corrected chi connectivity index (χ0v) is 9.30. The average Bonchev–Trinajstić information content (AvgIpc) is 2.78. The van der Waals surface area contributed by atoms with Gasteiger partial charge in [0.05, 0.1) is 5.69 Å². The Morgan fingerprint density at radius 2 is 2.07 bits per heavy atom. The molecule has 2 N–H and O–H groups in total. The van der Waals surface area contributed by atoms with Gasteiger partial charge in [0, 0.05) is 18.3 Å². The molecule has 1 saturated carbocycles. The lowest BCUT2D eigenvalue weighted by Gasteiger charge is -2.09. The molecule has 0 aromatic carbocycles. The summed E-state index contributed by atoms with van der Waals surface area (Å²) in [4.78, 5) is 4.45. The Labute approximate surface area is 85.3 Å². The van der Waals surface area contributed by atoms with Crippen LogP contribution in [-0.4, -0.2) is 15.1 Å². The first-order valence-corrected chi connectivity index (χ1v) is 5.29. The van der Waals surface area contributed by atoms with Crippen molar-refractivity contribution in [2.45, 2.75) is 45.1 Å². The number of rotatable bonds is 3. The van der Waals surface area contributed by atoms with E-state index in [-0.39, 0.29) is 5.54 Å². The summed E-state index contributed by atoms with van der Waals surface area (Å²) in [6, 6.07) is 0. The summed E-state index contributed by atoms with van der Waals surface area (Å²) in [6.07, 6.45) is 4.57. The van der Waals surface area contributed by atoms with Gasteiger partial charge in [-0.2, -0.15) is 0 Å². The number of nitrogens with two attached hydrogens (primary N) is 1. The first-order valence-electron chi connectivity index (χ1n) is 5.29. The Hall–Kier alpha value is -0.830. The third-order valence-electron chi connectivity index (χ3n) is 3.39. The minimum absolute atomic E-state index is 0.157. The Morgan fingerprint density at radius 3 is 2.50 bits per heavy atom. The van der Waals surface area contributed by atoms with E-state index in [1.54, 1.807) is 0 Å². The van der Waals surface area contributed by atoms with Gasteiger partial charge in [-0.1, -0.05) is 0 Å². The van der Waals surface area contributed by atoms with E-state index in [2.05, 4.69) is 23.5 Å². The van der Waals surface area contributed by atoms with Crippen LogP contribution in [0.5, 0.6) is 0 Å². The molecule has 1 aliphatic rings. The van der Waals surface area contributed by atoms with Gasteiger partial charge in [0.15, 0.2) is 0 Å². The van der Waals surface area contributed by atoms with E-state index < -0.39 is 0 Å². The summed E-state index contributed by atoms with van der Waals surface area (Å²) in [5.74, 6) is 1.10. The second-order valence-electron chi connectivity index (χ2n) is 4.61. The molecular formula is C11H19N3. The predicted molar refractivity (Wildman–Crippen MR) is 57.2 cm³/mol. The number of nitrogens with zero attached hydrogens (tertiary/aromatic N) is 2. The molecule has 3 nitrogen and oxygen atoms in total. The fourth-order valence-corrected chi connectivity index (χ4v) is 1.95. The molecule has 1 aromatic rings. The average molecular weight is 193 g/mol. The standard InChI is InChI=1S/C11H19N3/c1-8-10(14(3)9(2)13-8)4-5-11(12)6-7-11/h4-7,12H2,1-3H3. The van der Waals surface area contributed by atoms with Crippen molar-refractivity contribution in [1.29, 1.82) is 0 Å². The maximum absolute atomic E-state index is 6.07. The highest BCUT2D eigenvalue weighted by atomic mass is 15.1. The fourth-order valence-electron chi connectivity index (χ4n) is 1.95. The van der Waals surface area contributed by atoms with E-state index in [9.17, 15) is 0 Å². The zero-order valence-electron chi connectivity index (χ0n) is 9.30. The van der Waals surface area contributed by atoms with E-state index in [1.165, 1.54) is 18.5 Å². The first kappa shape index (κ1) is 9.71. The Bertz CT molecular complexity index is 348. The number of hydrogen-bond acceptors (Lipinski definition) is 2. The monoisotopic (exact) mass is 193 g/mol. The van der Waals surface area contributed by atoms with Crippen molar-refractivity contribution in [2.24, 2.45) is 12.8 Å². The normalized spacial score (nSPS) is 18.6. The van der Waals surface area contributed by atoms with Gasteiger partial charge in [-0.15, -0.1) is 0 Å². The summed E-state index contributed by atoms with van der Waals surface area (Å²) >= 11 is 0. The van der Waals surface area contributed by atoms with Crippen LogP contribution in [0.2, 0.25) is 0 Å². The van der Waals surface area contributed by atoms with Gasteiger partial charge in [0.2, 0.25) is 0 Å².